The molecule has 18 heavy (non-hydrogen) atoms. The van der Waals surface area contributed by atoms with E-state index in [1.54, 1.807) is 18.4 Å². The van der Waals surface area contributed by atoms with Gasteiger partial charge in [0.2, 0.25) is 0 Å². The van der Waals surface area contributed by atoms with E-state index in [0.29, 0.717) is 6.42 Å². The maximum absolute atomic E-state index is 8.93. The third kappa shape index (κ3) is 2.54. The number of aliphatic hydroxyl groups excluding tert-OH is 1. The lowest BCUT2D eigenvalue weighted by molar-refractivity contribution is 0.299. The van der Waals surface area contributed by atoms with Crippen molar-refractivity contribution in [3.05, 3.63) is 33.6 Å². The molecule has 0 unspecified atom stereocenters. The molecule has 0 amide bonds. The van der Waals surface area contributed by atoms with Gasteiger partial charge in [-0.05, 0) is 31.0 Å². The predicted molar refractivity (Wildman–Crippen MR) is 74.4 cm³/mol. The van der Waals surface area contributed by atoms with Crippen LogP contribution in [0.15, 0.2) is 17.5 Å². The first-order chi connectivity index (χ1) is 8.65. The Morgan fingerprint density at radius 3 is 2.78 bits per heavy atom. The maximum Gasteiger partial charge on any atom is 0.131 e. The van der Waals surface area contributed by atoms with E-state index < -0.39 is 0 Å². The summed E-state index contributed by atoms with van der Waals surface area (Å²) in [6, 6.07) is 4.19. The monoisotopic (exact) mass is 263 g/mol. The summed E-state index contributed by atoms with van der Waals surface area (Å²) < 4.78 is 5.47. The van der Waals surface area contributed by atoms with Gasteiger partial charge in [0, 0.05) is 24.0 Å². The SMILES string of the molecule is COc1c(C)cc(C)cc1-c1csc(CCO)n1. The van der Waals surface area contributed by atoms with Gasteiger partial charge in [-0.1, -0.05) is 6.07 Å². The van der Waals surface area contributed by atoms with Crippen molar-refractivity contribution in [3.63, 3.8) is 0 Å². The van der Waals surface area contributed by atoms with Crippen LogP contribution in [0, 0.1) is 13.8 Å². The Balaban J connectivity index is 2.48. The molecule has 0 saturated heterocycles. The Morgan fingerprint density at radius 2 is 2.11 bits per heavy atom. The number of nitrogens with zero attached hydrogens (tertiary/aromatic N) is 1. The Hall–Kier alpha value is -1.39. The topological polar surface area (TPSA) is 42.4 Å². The van der Waals surface area contributed by atoms with Crippen molar-refractivity contribution in [3.8, 4) is 17.0 Å². The van der Waals surface area contributed by atoms with Crippen LogP contribution in [0.25, 0.3) is 11.3 Å². The molecule has 0 aliphatic rings. The number of hydrogen-bond donors (Lipinski definition) is 1. The van der Waals surface area contributed by atoms with Crippen molar-refractivity contribution in [2.75, 3.05) is 13.7 Å². The van der Waals surface area contributed by atoms with Crippen LogP contribution in [0.5, 0.6) is 5.75 Å². The number of hydrogen-bond acceptors (Lipinski definition) is 4. The van der Waals surface area contributed by atoms with Crippen LogP contribution in [-0.4, -0.2) is 23.8 Å². The summed E-state index contributed by atoms with van der Waals surface area (Å²) in [4.78, 5) is 4.54. The molecule has 1 N–H and O–H groups in total. The molecule has 2 rings (SSSR count). The highest BCUT2D eigenvalue weighted by molar-refractivity contribution is 7.09. The summed E-state index contributed by atoms with van der Waals surface area (Å²) in [5.41, 5.74) is 4.26. The van der Waals surface area contributed by atoms with Gasteiger partial charge < -0.3 is 9.84 Å². The quantitative estimate of drug-likeness (QED) is 0.922. The van der Waals surface area contributed by atoms with Gasteiger partial charge in [0.1, 0.15) is 5.75 Å². The molecule has 0 atom stereocenters. The summed E-state index contributed by atoms with van der Waals surface area (Å²) in [7, 11) is 1.68. The Morgan fingerprint density at radius 1 is 1.33 bits per heavy atom. The van der Waals surface area contributed by atoms with E-state index >= 15 is 0 Å². The fourth-order valence-corrected chi connectivity index (χ4v) is 2.85. The van der Waals surface area contributed by atoms with Crippen LogP contribution in [0.1, 0.15) is 16.1 Å². The number of aliphatic hydroxyl groups is 1. The molecule has 3 nitrogen and oxygen atoms in total. The molecule has 0 fully saturated rings. The van der Waals surface area contributed by atoms with E-state index in [1.165, 1.54) is 5.56 Å². The zero-order valence-corrected chi connectivity index (χ0v) is 11.7. The number of aryl methyl sites for hydroxylation is 2. The van der Waals surface area contributed by atoms with E-state index in [4.69, 9.17) is 9.84 Å². The Labute approximate surface area is 111 Å². The molecule has 0 aliphatic carbocycles. The van der Waals surface area contributed by atoms with Crippen LogP contribution in [0.4, 0.5) is 0 Å². The van der Waals surface area contributed by atoms with E-state index in [-0.39, 0.29) is 6.61 Å². The summed E-state index contributed by atoms with van der Waals surface area (Å²) in [6.07, 6.45) is 0.609. The first-order valence-corrected chi connectivity index (χ1v) is 6.74. The van der Waals surface area contributed by atoms with E-state index in [9.17, 15) is 0 Å². The van der Waals surface area contributed by atoms with Gasteiger partial charge in [0.15, 0.2) is 0 Å². The summed E-state index contributed by atoms with van der Waals surface area (Å²) in [5.74, 6) is 0.876. The lowest BCUT2D eigenvalue weighted by Gasteiger charge is -2.11. The first kappa shape index (κ1) is 13.1. The molecule has 0 aliphatic heterocycles. The minimum atomic E-state index is 0.136. The van der Waals surface area contributed by atoms with E-state index in [0.717, 1.165) is 27.6 Å². The lowest BCUT2D eigenvalue weighted by Crippen LogP contribution is -1.94. The summed E-state index contributed by atoms with van der Waals surface area (Å²) in [6.45, 7) is 4.24. The normalized spacial score (nSPS) is 10.7. The number of aromatic nitrogens is 1. The number of ether oxygens (including phenoxy) is 1. The van der Waals surface area contributed by atoms with Gasteiger partial charge in [0.05, 0.1) is 17.8 Å². The zero-order chi connectivity index (χ0) is 13.1. The van der Waals surface area contributed by atoms with Crippen molar-refractivity contribution in [2.24, 2.45) is 0 Å². The van der Waals surface area contributed by atoms with Crippen LogP contribution < -0.4 is 4.74 Å². The lowest BCUT2D eigenvalue weighted by atomic mass is 10.0. The van der Waals surface area contributed by atoms with Crippen molar-refractivity contribution < 1.29 is 9.84 Å². The molecule has 0 radical (unpaired) electrons. The van der Waals surface area contributed by atoms with Gasteiger partial charge in [-0.25, -0.2) is 4.98 Å². The minimum absolute atomic E-state index is 0.136. The van der Waals surface area contributed by atoms with Gasteiger partial charge in [-0.15, -0.1) is 11.3 Å². The third-order valence-corrected chi connectivity index (χ3v) is 3.69. The second kappa shape index (κ2) is 5.50. The summed E-state index contributed by atoms with van der Waals surface area (Å²) >= 11 is 1.57. The first-order valence-electron chi connectivity index (χ1n) is 5.86. The third-order valence-electron chi connectivity index (χ3n) is 2.78. The van der Waals surface area contributed by atoms with Crippen molar-refractivity contribution in [1.29, 1.82) is 0 Å². The number of methoxy groups -OCH3 is 1. The largest absolute Gasteiger partial charge is 0.496 e. The van der Waals surface area contributed by atoms with Gasteiger partial charge in [0.25, 0.3) is 0 Å². The molecule has 0 bridgehead atoms. The second-order valence-electron chi connectivity index (χ2n) is 4.26. The van der Waals surface area contributed by atoms with Gasteiger partial charge in [-0.2, -0.15) is 0 Å². The average molecular weight is 263 g/mol. The zero-order valence-electron chi connectivity index (χ0n) is 10.9. The highest BCUT2D eigenvalue weighted by Crippen LogP contribution is 2.34. The minimum Gasteiger partial charge on any atom is -0.496 e. The smallest absolute Gasteiger partial charge is 0.131 e. The molecule has 1 aromatic heterocycles. The van der Waals surface area contributed by atoms with Crippen LogP contribution in [-0.2, 0) is 6.42 Å². The molecule has 2 aromatic rings. The molecule has 1 aromatic carbocycles. The van der Waals surface area contributed by atoms with Crippen molar-refractivity contribution in [1.82, 2.24) is 4.98 Å². The molecule has 1 heterocycles. The number of benzene rings is 1. The molecule has 0 saturated carbocycles. The molecular weight excluding hydrogens is 246 g/mol. The van der Waals surface area contributed by atoms with Gasteiger partial charge in [-0.3, -0.25) is 0 Å². The standard InChI is InChI=1S/C14H17NO2S/c1-9-6-10(2)14(17-3)11(7-9)12-8-18-13(15-12)4-5-16/h6-8,16H,4-5H2,1-3H3. The Kier molecular flexibility index (Phi) is 3.99. The molecule has 96 valence electrons. The molecule has 0 spiro atoms. The van der Waals surface area contributed by atoms with E-state index in [2.05, 4.69) is 24.0 Å². The predicted octanol–water partition coefficient (Wildman–Crippen LogP) is 2.97. The highest BCUT2D eigenvalue weighted by atomic mass is 32.1. The highest BCUT2D eigenvalue weighted by Gasteiger charge is 2.12. The molecule has 4 heteroatoms. The van der Waals surface area contributed by atoms with E-state index in [1.807, 2.05) is 12.3 Å². The average Bonchev–Trinajstić information content (AvgIpc) is 2.77. The van der Waals surface area contributed by atoms with Crippen LogP contribution in [0.3, 0.4) is 0 Å². The number of thiazole rings is 1. The summed E-state index contributed by atoms with van der Waals surface area (Å²) in [5, 5.41) is 11.9. The maximum atomic E-state index is 8.93. The second-order valence-corrected chi connectivity index (χ2v) is 5.21. The van der Waals surface area contributed by atoms with Gasteiger partial charge >= 0.3 is 0 Å². The van der Waals surface area contributed by atoms with Crippen LogP contribution >= 0.6 is 11.3 Å². The fourth-order valence-electron chi connectivity index (χ4n) is 2.06. The van der Waals surface area contributed by atoms with Crippen molar-refractivity contribution in [2.45, 2.75) is 20.3 Å². The number of rotatable bonds is 4. The fraction of sp³-hybridized carbons (Fsp3) is 0.357. The van der Waals surface area contributed by atoms with Crippen molar-refractivity contribution >= 4 is 11.3 Å². The molecular formula is C14H17NO2S. The Bertz CT molecular complexity index is 549. The van der Waals surface area contributed by atoms with Crippen LogP contribution in [0.2, 0.25) is 0 Å².